The van der Waals surface area contributed by atoms with Crippen molar-refractivity contribution in [2.24, 2.45) is 5.92 Å². The number of hydrogen-bond donors (Lipinski definition) is 1. The molecule has 0 bridgehead atoms. The number of rotatable bonds is 6. The Bertz CT molecular complexity index is 229. The molecule has 0 heterocycles. The number of aliphatic hydroxyl groups excluding tert-OH is 1. The fourth-order valence-corrected chi connectivity index (χ4v) is 0.952. The summed E-state index contributed by atoms with van der Waals surface area (Å²) < 4.78 is 4.62. The standard InChI is InChI=1S/C10H14O4/c1-3-8(7-11)5-9(12)6-10(13)14-4-2/h1,7-9,12H,4-6H2,2H3. The lowest BCUT2D eigenvalue weighted by Gasteiger charge is -2.10. The number of hydrogen-bond acceptors (Lipinski definition) is 4. The van der Waals surface area contributed by atoms with Crippen molar-refractivity contribution in [3.8, 4) is 12.3 Å². The van der Waals surface area contributed by atoms with Crippen molar-refractivity contribution in [1.29, 1.82) is 0 Å². The van der Waals surface area contributed by atoms with Crippen LogP contribution in [-0.2, 0) is 14.3 Å². The van der Waals surface area contributed by atoms with Gasteiger partial charge in [-0.3, -0.25) is 4.79 Å². The predicted octanol–water partition coefficient (Wildman–Crippen LogP) is 0.139. The van der Waals surface area contributed by atoms with Crippen molar-refractivity contribution < 1.29 is 19.4 Å². The fraction of sp³-hybridized carbons (Fsp3) is 0.600. The highest BCUT2D eigenvalue weighted by atomic mass is 16.5. The van der Waals surface area contributed by atoms with Crippen molar-refractivity contribution in [2.45, 2.75) is 25.9 Å². The first-order chi connectivity index (χ1) is 6.63. The highest BCUT2D eigenvalue weighted by molar-refractivity contribution is 5.70. The lowest BCUT2D eigenvalue weighted by Crippen LogP contribution is -2.19. The van der Waals surface area contributed by atoms with Gasteiger partial charge in [-0.2, -0.15) is 0 Å². The van der Waals surface area contributed by atoms with Crippen molar-refractivity contribution in [3.05, 3.63) is 0 Å². The Balaban J connectivity index is 3.85. The average molecular weight is 198 g/mol. The molecular formula is C10H14O4. The molecule has 14 heavy (non-hydrogen) atoms. The van der Waals surface area contributed by atoms with Gasteiger partial charge in [-0.25, -0.2) is 0 Å². The zero-order valence-corrected chi connectivity index (χ0v) is 8.10. The van der Waals surface area contributed by atoms with Gasteiger partial charge in [-0.15, -0.1) is 6.42 Å². The smallest absolute Gasteiger partial charge is 0.308 e. The minimum absolute atomic E-state index is 0.0960. The van der Waals surface area contributed by atoms with Crippen LogP contribution in [0.1, 0.15) is 19.8 Å². The van der Waals surface area contributed by atoms with E-state index in [0.717, 1.165) is 0 Å². The Morgan fingerprint density at radius 1 is 1.71 bits per heavy atom. The van der Waals surface area contributed by atoms with Crippen LogP contribution in [0.4, 0.5) is 0 Å². The van der Waals surface area contributed by atoms with Gasteiger partial charge in [0.25, 0.3) is 0 Å². The molecule has 0 aromatic heterocycles. The van der Waals surface area contributed by atoms with E-state index in [2.05, 4.69) is 10.7 Å². The summed E-state index contributed by atoms with van der Waals surface area (Å²) in [6.45, 7) is 1.96. The topological polar surface area (TPSA) is 63.6 Å². The molecule has 0 saturated carbocycles. The van der Waals surface area contributed by atoms with Crippen LogP contribution in [0.2, 0.25) is 0 Å². The van der Waals surface area contributed by atoms with E-state index >= 15 is 0 Å². The third-order valence-electron chi connectivity index (χ3n) is 1.61. The molecule has 0 aromatic rings. The van der Waals surface area contributed by atoms with Gasteiger partial charge in [0.15, 0.2) is 0 Å². The molecule has 0 aliphatic heterocycles. The second-order valence-corrected chi connectivity index (χ2v) is 2.81. The Morgan fingerprint density at radius 3 is 2.79 bits per heavy atom. The van der Waals surface area contributed by atoms with Gasteiger partial charge in [-0.05, 0) is 13.3 Å². The van der Waals surface area contributed by atoms with E-state index in [4.69, 9.17) is 6.42 Å². The molecule has 0 spiro atoms. The number of ether oxygens (including phenoxy) is 1. The van der Waals surface area contributed by atoms with E-state index in [1.165, 1.54) is 0 Å². The van der Waals surface area contributed by atoms with Crippen molar-refractivity contribution in [3.63, 3.8) is 0 Å². The highest BCUT2D eigenvalue weighted by Crippen LogP contribution is 2.07. The summed E-state index contributed by atoms with van der Waals surface area (Å²) in [5.41, 5.74) is 0. The Morgan fingerprint density at radius 2 is 2.36 bits per heavy atom. The molecule has 0 saturated heterocycles. The number of aliphatic hydroxyl groups is 1. The summed E-state index contributed by atoms with van der Waals surface area (Å²) in [5.74, 6) is 1.08. The fourth-order valence-electron chi connectivity index (χ4n) is 0.952. The van der Waals surface area contributed by atoms with Gasteiger partial charge in [0.2, 0.25) is 0 Å². The second-order valence-electron chi connectivity index (χ2n) is 2.81. The highest BCUT2D eigenvalue weighted by Gasteiger charge is 2.15. The first-order valence-electron chi connectivity index (χ1n) is 4.39. The van der Waals surface area contributed by atoms with Crippen LogP contribution in [-0.4, -0.2) is 30.1 Å². The van der Waals surface area contributed by atoms with Gasteiger partial charge >= 0.3 is 5.97 Å². The molecule has 2 atom stereocenters. The molecule has 78 valence electrons. The van der Waals surface area contributed by atoms with Crippen molar-refractivity contribution in [1.82, 2.24) is 0 Å². The summed E-state index contributed by atoms with van der Waals surface area (Å²) in [6.07, 6.45) is 4.64. The molecule has 0 aliphatic rings. The maximum Gasteiger partial charge on any atom is 0.308 e. The van der Waals surface area contributed by atoms with Crippen LogP contribution in [0.5, 0.6) is 0 Å². The molecule has 2 unspecified atom stereocenters. The lowest BCUT2D eigenvalue weighted by molar-refractivity contribution is -0.145. The minimum Gasteiger partial charge on any atom is -0.466 e. The number of terminal acetylenes is 1. The molecule has 0 amide bonds. The Kier molecular flexibility index (Phi) is 6.42. The Hall–Kier alpha value is -1.34. The molecule has 0 radical (unpaired) electrons. The van der Waals surface area contributed by atoms with Crippen molar-refractivity contribution in [2.75, 3.05) is 6.61 Å². The summed E-state index contributed by atoms with van der Waals surface area (Å²) in [7, 11) is 0. The number of carbonyl (C=O) groups is 2. The van der Waals surface area contributed by atoms with Gasteiger partial charge in [0, 0.05) is 0 Å². The van der Waals surface area contributed by atoms with Crippen LogP contribution >= 0.6 is 0 Å². The normalized spacial score (nSPS) is 13.8. The lowest BCUT2D eigenvalue weighted by atomic mass is 10.0. The van der Waals surface area contributed by atoms with E-state index < -0.39 is 18.0 Å². The molecular weight excluding hydrogens is 184 g/mol. The maximum absolute atomic E-state index is 10.9. The van der Waals surface area contributed by atoms with Crippen molar-refractivity contribution >= 4 is 12.3 Å². The summed E-state index contributed by atoms with van der Waals surface area (Å²) in [5, 5.41) is 9.32. The molecule has 1 N–H and O–H groups in total. The zero-order valence-electron chi connectivity index (χ0n) is 8.10. The second kappa shape index (κ2) is 7.10. The molecule has 0 aliphatic carbocycles. The van der Waals surface area contributed by atoms with Gasteiger partial charge in [-0.1, -0.05) is 5.92 Å². The van der Waals surface area contributed by atoms with Crippen LogP contribution in [0.25, 0.3) is 0 Å². The summed E-state index contributed by atoms with van der Waals surface area (Å²) in [6, 6.07) is 0. The van der Waals surface area contributed by atoms with Crippen LogP contribution < -0.4 is 0 Å². The largest absolute Gasteiger partial charge is 0.466 e. The molecule has 0 rings (SSSR count). The Labute approximate surface area is 83.3 Å². The molecule has 0 aromatic carbocycles. The third-order valence-corrected chi connectivity index (χ3v) is 1.61. The first kappa shape index (κ1) is 12.7. The molecule has 4 heteroatoms. The third kappa shape index (κ3) is 5.33. The first-order valence-corrected chi connectivity index (χ1v) is 4.39. The van der Waals surface area contributed by atoms with E-state index in [0.29, 0.717) is 6.29 Å². The molecule has 0 fully saturated rings. The van der Waals surface area contributed by atoms with E-state index in [9.17, 15) is 14.7 Å². The van der Waals surface area contributed by atoms with Gasteiger partial charge < -0.3 is 14.6 Å². The predicted molar refractivity (Wildman–Crippen MR) is 50.3 cm³/mol. The van der Waals surface area contributed by atoms with Gasteiger partial charge in [0.1, 0.15) is 6.29 Å². The van der Waals surface area contributed by atoms with Gasteiger partial charge in [0.05, 0.1) is 25.0 Å². The van der Waals surface area contributed by atoms with E-state index in [1.54, 1.807) is 6.92 Å². The average Bonchev–Trinajstić information content (AvgIpc) is 2.14. The SMILES string of the molecule is C#CC(C=O)CC(O)CC(=O)OCC. The van der Waals surface area contributed by atoms with Crippen LogP contribution in [0.15, 0.2) is 0 Å². The number of aldehydes is 1. The summed E-state index contributed by atoms with van der Waals surface area (Å²) >= 11 is 0. The quantitative estimate of drug-likeness (QED) is 0.374. The van der Waals surface area contributed by atoms with Crippen LogP contribution in [0.3, 0.4) is 0 Å². The summed E-state index contributed by atoms with van der Waals surface area (Å²) in [4.78, 5) is 21.2. The van der Waals surface area contributed by atoms with E-state index in [-0.39, 0.29) is 19.4 Å². The van der Waals surface area contributed by atoms with Crippen LogP contribution in [0, 0.1) is 18.3 Å². The number of carbonyl (C=O) groups excluding carboxylic acids is 2. The zero-order chi connectivity index (χ0) is 11.0. The minimum atomic E-state index is -0.916. The maximum atomic E-state index is 10.9. The molecule has 4 nitrogen and oxygen atoms in total. The number of esters is 1. The monoisotopic (exact) mass is 198 g/mol. The van der Waals surface area contributed by atoms with E-state index in [1.807, 2.05) is 0 Å².